The fraction of sp³-hybridized carbons (Fsp3) is 0.276. The van der Waals surface area contributed by atoms with Crippen molar-refractivity contribution in [2.45, 2.75) is 43.7 Å². The van der Waals surface area contributed by atoms with Crippen LogP contribution in [-0.4, -0.2) is 34.6 Å². The molecule has 0 saturated carbocycles. The van der Waals surface area contributed by atoms with Crippen molar-refractivity contribution in [2.75, 3.05) is 6.61 Å². The lowest BCUT2D eigenvalue weighted by atomic mass is 9.83. The maximum atomic E-state index is 14.6. The first-order chi connectivity index (χ1) is 17.5. The van der Waals surface area contributed by atoms with Crippen LogP contribution in [0.3, 0.4) is 0 Å². The molecular formula is C29H25FN2O4. The van der Waals surface area contributed by atoms with Gasteiger partial charge in [-0.1, -0.05) is 54.6 Å². The minimum Gasteiger partial charge on any atom is -0.448 e. The van der Waals surface area contributed by atoms with Crippen molar-refractivity contribution in [3.63, 3.8) is 0 Å². The van der Waals surface area contributed by atoms with Crippen LogP contribution in [0, 0.1) is 15.9 Å². The summed E-state index contributed by atoms with van der Waals surface area (Å²) in [4.78, 5) is 25.8. The van der Waals surface area contributed by atoms with Gasteiger partial charge >= 0.3 is 6.09 Å². The fourth-order valence-corrected chi connectivity index (χ4v) is 6.06. The third kappa shape index (κ3) is 3.75. The monoisotopic (exact) mass is 484 g/mol. The highest BCUT2D eigenvalue weighted by molar-refractivity contribution is 5.79. The van der Waals surface area contributed by atoms with Crippen molar-refractivity contribution in [1.82, 2.24) is 4.90 Å². The second-order valence-corrected chi connectivity index (χ2v) is 9.68. The number of fused-ring (bicyclic) bond motifs is 5. The first-order valence-electron chi connectivity index (χ1n) is 12.3. The topological polar surface area (TPSA) is 72.7 Å². The molecule has 0 N–H and O–H groups in total. The van der Waals surface area contributed by atoms with E-state index in [2.05, 4.69) is 24.3 Å². The molecule has 2 bridgehead atoms. The van der Waals surface area contributed by atoms with Gasteiger partial charge in [-0.2, -0.15) is 0 Å². The summed E-state index contributed by atoms with van der Waals surface area (Å²) in [5.41, 5.74) is 5.49. The van der Waals surface area contributed by atoms with Gasteiger partial charge in [0.2, 0.25) is 0 Å². The molecule has 1 fully saturated rings. The van der Waals surface area contributed by atoms with Crippen LogP contribution in [0.1, 0.15) is 48.3 Å². The van der Waals surface area contributed by atoms with Gasteiger partial charge in [-0.15, -0.1) is 0 Å². The lowest BCUT2D eigenvalue weighted by Crippen LogP contribution is -2.52. The molecule has 1 saturated heterocycles. The van der Waals surface area contributed by atoms with Gasteiger partial charge in [0.15, 0.2) is 0 Å². The Morgan fingerprint density at radius 1 is 1.00 bits per heavy atom. The Labute approximate surface area is 208 Å². The molecule has 6 rings (SSSR count). The number of nitrogens with zero attached hydrogens (tertiary/aromatic N) is 2. The summed E-state index contributed by atoms with van der Waals surface area (Å²) in [5, 5.41) is 11.2. The smallest absolute Gasteiger partial charge is 0.410 e. The van der Waals surface area contributed by atoms with Crippen LogP contribution in [0.4, 0.5) is 14.9 Å². The zero-order valence-corrected chi connectivity index (χ0v) is 19.6. The number of hydrogen-bond acceptors (Lipinski definition) is 4. The van der Waals surface area contributed by atoms with Crippen LogP contribution in [0.25, 0.3) is 16.7 Å². The molecule has 2 aliphatic heterocycles. The van der Waals surface area contributed by atoms with E-state index in [0.717, 1.165) is 36.5 Å². The Hall–Kier alpha value is -4.00. The van der Waals surface area contributed by atoms with Crippen molar-refractivity contribution in [3.8, 4) is 11.1 Å². The highest BCUT2D eigenvalue weighted by Crippen LogP contribution is 2.45. The third-order valence-electron chi connectivity index (χ3n) is 7.69. The molecule has 3 aromatic carbocycles. The van der Waals surface area contributed by atoms with E-state index in [1.807, 2.05) is 30.3 Å². The minimum atomic E-state index is -0.518. The largest absolute Gasteiger partial charge is 0.448 e. The zero-order chi connectivity index (χ0) is 24.8. The van der Waals surface area contributed by atoms with Crippen molar-refractivity contribution in [3.05, 3.63) is 105 Å². The molecule has 2 atom stereocenters. The van der Waals surface area contributed by atoms with Gasteiger partial charge in [0.1, 0.15) is 12.4 Å². The zero-order valence-electron chi connectivity index (χ0n) is 19.6. The predicted molar refractivity (Wildman–Crippen MR) is 134 cm³/mol. The Balaban J connectivity index is 1.23. The molecule has 2 heterocycles. The Kier molecular flexibility index (Phi) is 5.55. The van der Waals surface area contributed by atoms with Gasteiger partial charge in [-0.3, -0.25) is 15.0 Å². The quantitative estimate of drug-likeness (QED) is 0.305. The number of piperidine rings is 1. The summed E-state index contributed by atoms with van der Waals surface area (Å²) in [6.45, 7) is 0.249. The first kappa shape index (κ1) is 22.5. The molecule has 0 aromatic heterocycles. The van der Waals surface area contributed by atoms with Crippen molar-refractivity contribution < 1.29 is 18.8 Å². The number of hydrogen-bond donors (Lipinski definition) is 0. The summed E-state index contributed by atoms with van der Waals surface area (Å²) in [7, 11) is 0. The number of amides is 1. The number of ether oxygens (including phenoxy) is 1. The van der Waals surface area contributed by atoms with Crippen LogP contribution in [0.5, 0.6) is 0 Å². The second-order valence-electron chi connectivity index (χ2n) is 9.68. The summed E-state index contributed by atoms with van der Waals surface area (Å²) >= 11 is 0. The maximum Gasteiger partial charge on any atom is 0.410 e. The van der Waals surface area contributed by atoms with Gasteiger partial charge in [-0.05, 0) is 59.6 Å². The van der Waals surface area contributed by atoms with Crippen LogP contribution < -0.4 is 0 Å². The van der Waals surface area contributed by atoms with Gasteiger partial charge < -0.3 is 4.74 Å². The van der Waals surface area contributed by atoms with Gasteiger partial charge in [0.25, 0.3) is 5.69 Å². The summed E-state index contributed by atoms with van der Waals surface area (Å²) in [6, 6.07) is 19.7. The van der Waals surface area contributed by atoms with Gasteiger partial charge in [-0.25, -0.2) is 9.18 Å². The average Bonchev–Trinajstić information content (AvgIpc) is 3.20. The molecule has 3 aliphatic rings. The molecule has 6 nitrogen and oxygen atoms in total. The van der Waals surface area contributed by atoms with E-state index in [9.17, 15) is 19.3 Å². The van der Waals surface area contributed by atoms with Crippen LogP contribution in [0.15, 0.2) is 72.8 Å². The van der Waals surface area contributed by atoms with Crippen LogP contribution in [-0.2, 0) is 4.74 Å². The van der Waals surface area contributed by atoms with Crippen molar-refractivity contribution in [2.24, 2.45) is 0 Å². The van der Waals surface area contributed by atoms with E-state index in [1.165, 1.54) is 23.3 Å². The molecule has 36 heavy (non-hydrogen) atoms. The molecule has 0 spiro atoms. The fourth-order valence-electron chi connectivity index (χ4n) is 6.06. The SMILES string of the molecule is O=C(OCC1c2ccccc2-c2ccccc21)N1C2C=C(c3cc([N+](=O)[O-])ccc3F)CC1CCC2. The molecule has 0 radical (unpaired) electrons. The molecule has 2 unspecified atom stereocenters. The number of carbonyl (C=O) groups is 1. The standard InChI is InChI=1S/C29H25FN2O4/c30-28-13-12-21(32(34)35)16-26(28)18-14-19-6-5-7-20(15-18)31(19)29(33)36-17-27-24-10-3-1-8-22(24)23-9-2-4-11-25(23)27/h1-4,8-14,16,19-20,27H,5-7,15,17H2. The van der Waals surface area contributed by atoms with E-state index in [0.29, 0.717) is 12.0 Å². The van der Waals surface area contributed by atoms with Crippen molar-refractivity contribution in [1.29, 1.82) is 0 Å². The average molecular weight is 485 g/mol. The first-order valence-corrected chi connectivity index (χ1v) is 12.3. The maximum absolute atomic E-state index is 14.6. The van der Waals surface area contributed by atoms with E-state index < -0.39 is 10.7 Å². The van der Waals surface area contributed by atoms with Crippen LogP contribution in [0.2, 0.25) is 0 Å². The lowest BCUT2D eigenvalue weighted by molar-refractivity contribution is -0.384. The number of carbonyl (C=O) groups excluding carboxylic acids is 1. The summed E-state index contributed by atoms with van der Waals surface area (Å²) < 4.78 is 20.5. The molecule has 1 aliphatic carbocycles. The molecule has 3 aromatic rings. The normalized spacial score (nSPS) is 20.4. The van der Waals surface area contributed by atoms with E-state index in [-0.39, 0.29) is 42.0 Å². The summed E-state index contributed by atoms with van der Waals surface area (Å²) in [6.07, 6.45) is 4.47. The van der Waals surface area contributed by atoms with Gasteiger partial charge in [0, 0.05) is 29.7 Å². The highest BCUT2D eigenvalue weighted by atomic mass is 19.1. The number of benzene rings is 3. The number of halogens is 1. The Bertz CT molecular complexity index is 1360. The Morgan fingerprint density at radius 3 is 2.36 bits per heavy atom. The predicted octanol–water partition coefficient (Wildman–Crippen LogP) is 6.69. The Morgan fingerprint density at radius 2 is 1.69 bits per heavy atom. The molecule has 7 heteroatoms. The second kappa shape index (κ2) is 8.90. The lowest BCUT2D eigenvalue weighted by Gasteiger charge is -2.44. The summed E-state index contributed by atoms with van der Waals surface area (Å²) in [5.74, 6) is -0.504. The molecule has 1 amide bonds. The number of rotatable bonds is 4. The number of non-ortho nitro benzene ring substituents is 1. The van der Waals surface area contributed by atoms with E-state index in [1.54, 1.807) is 4.90 Å². The van der Waals surface area contributed by atoms with Gasteiger partial charge in [0.05, 0.1) is 11.0 Å². The van der Waals surface area contributed by atoms with E-state index >= 15 is 0 Å². The molecular weight excluding hydrogens is 459 g/mol. The van der Waals surface area contributed by atoms with Crippen molar-refractivity contribution >= 4 is 17.4 Å². The number of nitro groups is 1. The number of nitro benzene ring substituents is 1. The van der Waals surface area contributed by atoms with E-state index in [4.69, 9.17) is 4.74 Å². The highest BCUT2D eigenvalue weighted by Gasteiger charge is 2.39. The molecule has 182 valence electrons. The van der Waals surface area contributed by atoms with Crippen LogP contribution >= 0.6 is 0 Å². The third-order valence-corrected chi connectivity index (χ3v) is 7.69. The minimum absolute atomic E-state index is 0.0175.